The first-order valence-electron chi connectivity index (χ1n) is 3.71. The molecular weight excluding hydrogens is 213 g/mol. The van der Waals surface area contributed by atoms with Crippen molar-refractivity contribution in [3.63, 3.8) is 0 Å². The van der Waals surface area contributed by atoms with E-state index in [1.54, 1.807) is 0 Å². The highest BCUT2D eigenvalue weighted by atomic mass is 31.2. The molecule has 0 aliphatic heterocycles. The maximum absolute atomic E-state index is 11.1. The SMILES string of the molecule is CC(C(=O)CP(=O)(O)O)[C@H](N)C(=O)O. The lowest BCUT2D eigenvalue weighted by Gasteiger charge is -2.14. The van der Waals surface area contributed by atoms with E-state index in [0.29, 0.717) is 0 Å². The van der Waals surface area contributed by atoms with E-state index < -0.39 is 37.5 Å². The molecule has 0 saturated heterocycles. The molecule has 0 rings (SSSR count). The quantitative estimate of drug-likeness (QED) is 0.430. The van der Waals surface area contributed by atoms with Gasteiger partial charge in [0, 0.05) is 5.92 Å². The number of ketones is 1. The predicted octanol–water partition coefficient (Wildman–Crippen LogP) is -1.22. The summed E-state index contributed by atoms with van der Waals surface area (Å²) in [6.45, 7) is 1.22. The molecule has 0 bridgehead atoms. The number of rotatable bonds is 5. The van der Waals surface area contributed by atoms with Gasteiger partial charge in [-0.15, -0.1) is 0 Å². The zero-order chi connectivity index (χ0) is 11.5. The lowest BCUT2D eigenvalue weighted by atomic mass is 9.99. The van der Waals surface area contributed by atoms with Crippen molar-refractivity contribution < 1.29 is 29.0 Å². The summed E-state index contributed by atoms with van der Waals surface area (Å²) >= 11 is 0. The summed E-state index contributed by atoms with van der Waals surface area (Å²) in [4.78, 5) is 38.3. The van der Waals surface area contributed by atoms with Crippen molar-refractivity contribution in [2.24, 2.45) is 11.7 Å². The van der Waals surface area contributed by atoms with Gasteiger partial charge in [-0.05, 0) is 0 Å². The molecule has 5 N–H and O–H groups in total. The maximum atomic E-state index is 11.1. The van der Waals surface area contributed by atoms with Crippen LogP contribution >= 0.6 is 7.60 Å². The number of carboxylic acids is 1. The molecule has 0 fully saturated rings. The Morgan fingerprint density at radius 3 is 2.14 bits per heavy atom. The van der Waals surface area contributed by atoms with E-state index >= 15 is 0 Å². The second kappa shape index (κ2) is 4.65. The van der Waals surface area contributed by atoms with Crippen LogP contribution in [0.1, 0.15) is 6.92 Å². The Morgan fingerprint density at radius 1 is 1.43 bits per heavy atom. The highest BCUT2D eigenvalue weighted by Gasteiger charge is 2.30. The van der Waals surface area contributed by atoms with Crippen LogP contribution in [0.15, 0.2) is 0 Å². The van der Waals surface area contributed by atoms with Gasteiger partial charge in [0.25, 0.3) is 0 Å². The highest BCUT2D eigenvalue weighted by Crippen LogP contribution is 2.34. The fourth-order valence-electron chi connectivity index (χ4n) is 0.761. The Morgan fingerprint density at radius 2 is 1.86 bits per heavy atom. The minimum absolute atomic E-state index is 0.853. The largest absolute Gasteiger partial charge is 0.480 e. The summed E-state index contributed by atoms with van der Waals surface area (Å²) in [5.41, 5.74) is 5.11. The number of hydrogen-bond donors (Lipinski definition) is 4. The Hall–Kier alpha value is -0.750. The normalized spacial score (nSPS) is 16.0. The molecule has 0 aromatic heterocycles. The van der Waals surface area contributed by atoms with Crippen LogP contribution in [0, 0.1) is 5.92 Å². The van der Waals surface area contributed by atoms with Crippen molar-refractivity contribution in [3.05, 3.63) is 0 Å². The monoisotopic (exact) mass is 225 g/mol. The molecular formula is C6H12NO6P. The molecule has 0 amide bonds. The van der Waals surface area contributed by atoms with E-state index in [1.807, 2.05) is 0 Å². The Bertz CT molecular complexity index is 284. The van der Waals surface area contributed by atoms with Crippen molar-refractivity contribution in [2.45, 2.75) is 13.0 Å². The fraction of sp³-hybridized carbons (Fsp3) is 0.667. The Kier molecular flexibility index (Phi) is 4.41. The number of carbonyl (C=O) groups excluding carboxylic acids is 1. The molecule has 0 aromatic rings. The number of nitrogens with two attached hydrogens (primary N) is 1. The number of hydrogen-bond acceptors (Lipinski definition) is 4. The molecule has 0 heterocycles. The minimum Gasteiger partial charge on any atom is -0.480 e. The second-order valence-electron chi connectivity index (χ2n) is 2.94. The molecule has 0 aliphatic rings. The number of Topliss-reactive ketones (excluding diaryl/α,β-unsaturated/α-hetero) is 1. The summed E-state index contributed by atoms with van der Waals surface area (Å²) in [5.74, 6) is -3.34. The molecule has 82 valence electrons. The van der Waals surface area contributed by atoms with Crippen molar-refractivity contribution in [1.82, 2.24) is 0 Å². The Labute approximate surface area is 80.1 Å². The first kappa shape index (κ1) is 13.2. The summed E-state index contributed by atoms with van der Waals surface area (Å²) in [7, 11) is -4.44. The van der Waals surface area contributed by atoms with Crippen LogP contribution in [0.25, 0.3) is 0 Å². The van der Waals surface area contributed by atoms with Crippen LogP contribution in [-0.4, -0.2) is 38.8 Å². The Balaban J connectivity index is 4.41. The molecule has 0 spiro atoms. The van der Waals surface area contributed by atoms with Gasteiger partial charge in [-0.2, -0.15) is 0 Å². The van der Waals surface area contributed by atoms with E-state index in [-0.39, 0.29) is 0 Å². The van der Waals surface area contributed by atoms with Gasteiger partial charge in [-0.3, -0.25) is 14.2 Å². The molecule has 0 aromatic carbocycles. The van der Waals surface area contributed by atoms with Gasteiger partial charge < -0.3 is 20.6 Å². The third-order valence-electron chi connectivity index (χ3n) is 1.69. The molecule has 14 heavy (non-hydrogen) atoms. The van der Waals surface area contributed by atoms with Crippen LogP contribution in [0.2, 0.25) is 0 Å². The van der Waals surface area contributed by atoms with Gasteiger partial charge in [0.1, 0.15) is 18.0 Å². The van der Waals surface area contributed by atoms with Crippen LogP contribution in [-0.2, 0) is 14.2 Å². The van der Waals surface area contributed by atoms with Gasteiger partial charge in [0.2, 0.25) is 0 Å². The summed E-state index contributed by atoms with van der Waals surface area (Å²) in [6.07, 6.45) is -0.977. The highest BCUT2D eigenvalue weighted by molar-refractivity contribution is 7.52. The first-order chi connectivity index (χ1) is 6.15. The zero-order valence-corrected chi connectivity index (χ0v) is 8.35. The fourth-order valence-corrected chi connectivity index (χ4v) is 1.46. The minimum atomic E-state index is -4.44. The first-order valence-corrected chi connectivity index (χ1v) is 5.50. The van der Waals surface area contributed by atoms with E-state index in [9.17, 15) is 14.2 Å². The van der Waals surface area contributed by atoms with E-state index in [2.05, 4.69) is 0 Å². The van der Waals surface area contributed by atoms with Crippen LogP contribution < -0.4 is 5.73 Å². The standard InChI is InChI=1S/C6H12NO6P/c1-3(5(7)6(9)10)4(8)2-14(11,12)13/h3,5H,2,7H2,1H3,(H,9,10)(H2,11,12,13)/t3?,5-/m0/s1. The molecule has 0 saturated carbocycles. The van der Waals surface area contributed by atoms with Crippen molar-refractivity contribution >= 4 is 19.3 Å². The average Bonchev–Trinajstić information content (AvgIpc) is 1.98. The van der Waals surface area contributed by atoms with Crippen molar-refractivity contribution in [3.8, 4) is 0 Å². The van der Waals surface area contributed by atoms with Gasteiger partial charge in [-0.1, -0.05) is 6.92 Å². The van der Waals surface area contributed by atoms with E-state index in [0.717, 1.165) is 0 Å². The summed E-state index contributed by atoms with van der Waals surface area (Å²) in [5, 5.41) is 8.43. The number of aliphatic carboxylic acids is 1. The molecule has 0 aliphatic carbocycles. The predicted molar refractivity (Wildman–Crippen MR) is 46.7 cm³/mol. The number of carbonyl (C=O) groups is 2. The van der Waals surface area contributed by atoms with Gasteiger partial charge >= 0.3 is 13.6 Å². The second-order valence-corrected chi connectivity index (χ2v) is 4.59. The maximum Gasteiger partial charge on any atom is 0.332 e. The smallest absolute Gasteiger partial charge is 0.332 e. The molecule has 7 nitrogen and oxygen atoms in total. The summed E-state index contributed by atoms with van der Waals surface area (Å²) in [6, 6.07) is -1.44. The van der Waals surface area contributed by atoms with Crippen molar-refractivity contribution in [2.75, 3.05) is 6.16 Å². The third kappa shape index (κ3) is 4.48. The van der Waals surface area contributed by atoms with Gasteiger partial charge in [0.05, 0.1) is 0 Å². The average molecular weight is 225 g/mol. The van der Waals surface area contributed by atoms with Crippen LogP contribution in [0.3, 0.4) is 0 Å². The van der Waals surface area contributed by atoms with Crippen LogP contribution in [0.4, 0.5) is 0 Å². The zero-order valence-electron chi connectivity index (χ0n) is 7.45. The molecule has 2 atom stereocenters. The van der Waals surface area contributed by atoms with E-state index in [1.165, 1.54) is 6.92 Å². The lowest BCUT2D eigenvalue weighted by molar-refractivity contribution is -0.141. The number of carboxylic acid groups (broad SMARTS) is 1. The van der Waals surface area contributed by atoms with Gasteiger partial charge in [0.15, 0.2) is 0 Å². The topological polar surface area (TPSA) is 138 Å². The molecule has 8 heteroatoms. The van der Waals surface area contributed by atoms with E-state index in [4.69, 9.17) is 20.6 Å². The summed E-state index contributed by atoms with van der Waals surface area (Å²) < 4.78 is 10.4. The third-order valence-corrected chi connectivity index (χ3v) is 2.42. The molecule has 1 unspecified atom stereocenters. The van der Waals surface area contributed by atoms with Crippen LogP contribution in [0.5, 0.6) is 0 Å². The van der Waals surface area contributed by atoms with Gasteiger partial charge in [-0.25, -0.2) is 0 Å². The van der Waals surface area contributed by atoms with Crippen molar-refractivity contribution in [1.29, 1.82) is 0 Å². The lowest BCUT2D eigenvalue weighted by Crippen LogP contribution is -2.41. The molecule has 0 radical (unpaired) electrons.